The number of rotatable bonds is 6. The molecular weight excluding hydrogens is 262 g/mol. The highest BCUT2D eigenvalue weighted by molar-refractivity contribution is 5.76. The van der Waals surface area contributed by atoms with Gasteiger partial charge in [-0.1, -0.05) is 5.21 Å². The van der Waals surface area contributed by atoms with Crippen molar-refractivity contribution < 1.29 is 14.7 Å². The van der Waals surface area contributed by atoms with Gasteiger partial charge in [0, 0.05) is 6.42 Å². The van der Waals surface area contributed by atoms with Crippen LogP contribution in [0.2, 0.25) is 0 Å². The van der Waals surface area contributed by atoms with E-state index in [0.29, 0.717) is 18.0 Å². The zero-order chi connectivity index (χ0) is 14.4. The van der Waals surface area contributed by atoms with Crippen LogP contribution in [0, 0.1) is 5.92 Å². The number of aromatic nitrogens is 3. The molecule has 0 spiro atoms. The molecule has 0 aliphatic carbocycles. The van der Waals surface area contributed by atoms with E-state index in [0.717, 1.165) is 25.9 Å². The van der Waals surface area contributed by atoms with Crippen molar-refractivity contribution in [2.24, 2.45) is 5.92 Å². The van der Waals surface area contributed by atoms with E-state index in [1.54, 1.807) is 0 Å². The second-order valence-electron chi connectivity index (χ2n) is 4.99. The molecule has 1 aromatic heterocycles. The number of nitrogens with zero attached hydrogens (tertiary/aromatic N) is 3. The maximum absolute atomic E-state index is 11.8. The highest BCUT2D eigenvalue weighted by Gasteiger charge is 2.16. The quantitative estimate of drug-likeness (QED) is 0.640. The number of carboxylic acids is 1. The Labute approximate surface area is 116 Å². The number of hydrogen-bond acceptors (Lipinski definition) is 5. The molecule has 1 unspecified atom stereocenters. The van der Waals surface area contributed by atoms with Crippen molar-refractivity contribution in [1.82, 2.24) is 25.6 Å². The minimum atomic E-state index is -0.977. The van der Waals surface area contributed by atoms with Gasteiger partial charge in [0.1, 0.15) is 12.2 Å². The fraction of sp³-hybridized carbons (Fsp3) is 0.667. The van der Waals surface area contributed by atoms with Gasteiger partial charge in [-0.3, -0.25) is 9.59 Å². The molecule has 1 atom stereocenters. The van der Waals surface area contributed by atoms with Crippen LogP contribution in [0.15, 0.2) is 6.20 Å². The Morgan fingerprint density at radius 3 is 3.10 bits per heavy atom. The number of carboxylic acid groups (broad SMARTS) is 1. The molecule has 20 heavy (non-hydrogen) atoms. The molecule has 2 heterocycles. The lowest BCUT2D eigenvalue weighted by molar-refractivity contribution is -0.138. The van der Waals surface area contributed by atoms with Crippen LogP contribution >= 0.6 is 0 Å². The van der Waals surface area contributed by atoms with E-state index in [1.807, 2.05) is 0 Å². The molecule has 110 valence electrons. The van der Waals surface area contributed by atoms with Gasteiger partial charge >= 0.3 is 5.97 Å². The van der Waals surface area contributed by atoms with Gasteiger partial charge in [-0.25, -0.2) is 4.68 Å². The maximum Gasteiger partial charge on any atom is 0.325 e. The predicted octanol–water partition coefficient (Wildman–Crippen LogP) is -0.631. The summed E-state index contributed by atoms with van der Waals surface area (Å²) in [5, 5.41) is 22.2. The second kappa shape index (κ2) is 6.99. The summed E-state index contributed by atoms with van der Waals surface area (Å²) in [5.74, 6) is -0.590. The lowest BCUT2D eigenvalue weighted by Crippen LogP contribution is -2.34. The summed E-state index contributed by atoms with van der Waals surface area (Å²) in [6, 6.07) is 0. The molecule has 2 rings (SSSR count). The van der Waals surface area contributed by atoms with Crippen LogP contribution < -0.4 is 10.6 Å². The average Bonchev–Trinajstić information content (AvgIpc) is 2.84. The van der Waals surface area contributed by atoms with Crippen LogP contribution in [0.4, 0.5) is 0 Å². The van der Waals surface area contributed by atoms with Crippen LogP contribution in [0.3, 0.4) is 0 Å². The molecule has 8 heteroatoms. The summed E-state index contributed by atoms with van der Waals surface area (Å²) < 4.78 is 1.23. The summed E-state index contributed by atoms with van der Waals surface area (Å²) >= 11 is 0. The number of amides is 1. The minimum Gasteiger partial charge on any atom is -0.480 e. The first-order chi connectivity index (χ1) is 9.63. The van der Waals surface area contributed by atoms with Crippen molar-refractivity contribution in [1.29, 1.82) is 0 Å². The van der Waals surface area contributed by atoms with E-state index in [4.69, 9.17) is 5.11 Å². The number of nitrogens with one attached hydrogen (secondary N) is 2. The van der Waals surface area contributed by atoms with Crippen LogP contribution in [-0.2, 0) is 22.7 Å². The Balaban J connectivity index is 1.72. The van der Waals surface area contributed by atoms with Gasteiger partial charge in [0.15, 0.2) is 0 Å². The van der Waals surface area contributed by atoms with Gasteiger partial charge in [0.25, 0.3) is 0 Å². The molecule has 1 amide bonds. The third-order valence-corrected chi connectivity index (χ3v) is 3.22. The summed E-state index contributed by atoms with van der Waals surface area (Å²) in [6.45, 7) is 1.97. The molecule has 1 fully saturated rings. The molecule has 8 nitrogen and oxygen atoms in total. The van der Waals surface area contributed by atoms with E-state index in [1.165, 1.54) is 10.9 Å². The number of hydrogen-bond donors (Lipinski definition) is 3. The lowest BCUT2D eigenvalue weighted by atomic mass is 9.96. The summed E-state index contributed by atoms with van der Waals surface area (Å²) in [5.41, 5.74) is 0.557. The summed E-state index contributed by atoms with van der Waals surface area (Å²) in [4.78, 5) is 22.3. The molecule has 3 N–H and O–H groups in total. The monoisotopic (exact) mass is 281 g/mol. The van der Waals surface area contributed by atoms with Crippen LogP contribution in [0.1, 0.15) is 25.0 Å². The number of aliphatic carboxylic acids is 1. The number of piperidine rings is 1. The number of carbonyl (C=O) groups excluding carboxylic acids is 1. The molecule has 1 aliphatic rings. The first-order valence-corrected chi connectivity index (χ1v) is 6.71. The van der Waals surface area contributed by atoms with Crippen molar-refractivity contribution >= 4 is 11.9 Å². The van der Waals surface area contributed by atoms with Crippen LogP contribution in [0.5, 0.6) is 0 Å². The molecule has 1 saturated heterocycles. The van der Waals surface area contributed by atoms with Gasteiger partial charge in [-0.05, 0) is 31.8 Å². The van der Waals surface area contributed by atoms with Crippen LogP contribution in [-0.4, -0.2) is 45.1 Å². The van der Waals surface area contributed by atoms with Crippen molar-refractivity contribution in [3.8, 4) is 0 Å². The lowest BCUT2D eigenvalue weighted by Gasteiger charge is -2.21. The van der Waals surface area contributed by atoms with Crippen molar-refractivity contribution in [3.05, 3.63) is 11.9 Å². The SMILES string of the molecule is O=C(O)Cn1cc(CNC(=O)CC2CCCNC2)nn1. The highest BCUT2D eigenvalue weighted by Crippen LogP contribution is 2.13. The van der Waals surface area contributed by atoms with Crippen LogP contribution in [0.25, 0.3) is 0 Å². The van der Waals surface area contributed by atoms with Gasteiger partial charge in [-0.15, -0.1) is 5.10 Å². The zero-order valence-electron chi connectivity index (χ0n) is 11.2. The molecule has 0 aromatic carbocycles. The Hall–Kier alpha value is -1.96. The summed E-state index contributed by atoms with van der Waals surface area (Å²) in [6.07, 6.45) is 4.23. The fourth-order valence-electron chi connectivity index (χ4n) is 2.26. The highest BCUT2D eigenvalue weighted by atomic mass is 16.4. The maximum atomic E-state index is 11.8. The Morgan fingerprint density at radius 2 is 2.40 bits per heavy atom. The average molecular weight is 281 g/mol. The number of carbonyl (C=O) groups is 2. The predicted molar refractivity (Wildman–Crippen MR) is 69.7 cm³/mol. The standard InChI is InChI=1S/C12H19N5O3/c18-11(4-9-2-1-3-13-5-9)14-6-10-7-17(16-15-10)8-12(19)20/h7,9,13H,1-6,8H2,(H,14,18)(H,19,20). The second-order valence-corrected chi connectivity index (χ2v) is 4.99. The Bertz CT molecular complexity index is 467. The molecule has 0 saturated carbocycles. The molecule has 0 radical (unpaired) electrons. The van der Waals surface area contributed by atoms with Gasteiger partial charge in [-0.2, -0.15) is 0 Å². The Morgan fingerprint density at radius 1 is 1.55 bits per heavy atom. The van der Waals surface area contributed by atoms with Gasteiger partial charge in [0.2, 0.25) is 5.91 Å². The third-order valence-electron chi connectivity index (χ3n) is 3.22. The van der Waals surface area contributed by atoms with E-state index < -0.39 is 5.97 Å². The normalized spacial score (nSPS) is 18.7. The molecule has 0 bridgehead atoms. The first-order valence-electron chi connectivity index (χ1n) is 6.71. The van der Waals surface area contributed by atoms with E-state index in [2.05, 4.69) is 20.9 Å². The van der Waals surface area contributed by atoms with E-state index >= 15 is 0 Å². The van der Waals surface area contributed by atoms with E-state index in [-0.39, 0.29) is 19.0 Å². The molecule has 1 aliphatic heterocycles. The molecule has 1 aromatic rings. The van der Waals surface area contributed by atoms with Crippen molar-refractivity contribution in [2.45, 2.75) is 32.4 Å². The summed E-state index contributed by atoms with van der Waals surface area (Å²) in [7, 11) is 0. The topological polar surface area (TPSA) is 109 Å². The van der Waals surface area contributed by atoms with Crippen molar-refractivity contribution in [2.75, 3.05) is 13.1 Å². The minimum absolute atomic E-state index is 0.00788. The Kier molecular flexibility index (Phi) is 5.05. The first kappa shape index (κ1) is 14.4. The van der Waals surface area contributed by atoms with Crippen molar-refractivity contribution in [3.63, 3.8) is 0 Å². The fourth-order valence-corrected chi connectivity index (χ4v) is 2.26. The van der Waals surface area contributed by atoms with Gasteiger partial charge in [0.05, 0.1) is 12.7 Å². The third kappa shape index (κ3) is 4.61. The van der Waals surface area contributed by atoms with E-state index in [9.17, 15) is 9.59 Å². The molecular formula is C12H19N5O3. The smallest absolute Gasteiger partial charge is 0.325 e. The van der Waals surface area contributed by atoms with Gasteiger partial charge < -0.3 is 15.7 Å². The largest absolute Gasteiger partial charge is 0.480 e. The zero-order valence-corrected chi connectivity index (χ0v) is 11.2.